The Labute approximate surface area is 336 Å². The lowest BCUT2D eigenvalue weighted by atomic mass is 9.82. The topological polar surface area (TPSA) is 21.3 Å². The molecule has 0 amide bonds. The zero-order valence-corrected chi connectivity index (χ0v) is 32.3. The monoisotopic (exact) mass is 742 g/mol. The lowest BCUT2D eigenvalue weighted by molar-refractivity contribution is 0.660. The Morgan fingerprint density at radius 3 is 1.86 bits per heavy atom. The van der Waals surface area contributed by atoms with Crippen LogP contribution in [0.1, 0.15) is 25.0 Å². The largest absolute Gasteiger partial charge is 0.456 e. The normalized spacial score (nSPS) is 13.1. The lowest BCUT2D eigenvalue weighted by Gasteiger charge is -2.30. The minimum atomic E-state index is -0.151. The number of hydrogen-bond acceptors (Lipinski definition) is 2. The maximum atomic E-state index is 6.61. The second kappa shape index (κ2) is 12.3. The van der Waals surface area contributed by atoms with E-state index in [1.54, 1.807) is 0 Å². The summed E-state index contributed by atoms with van der Waals surface area (Å²) < 4.78 is 9.01. The molecule has 274 valence electrons. The molecule has 0 saturated carbocycles. The van der Waals surface area contributed by atoms with Gasteiger partial charge in [0.05, 0.1) is 16.7 Å². The molecule has 0 unspecified atom stereocenters. The second-order valence-electron chi connectivity index (χ2n) is 16.1. The summed E-state index contributed by atoms with van der Waals surface area (Å²) in [5.41, 5.74) is 16.0. The zero-order valence-electron chi connectivity index (χ0n) is 32.3. The molecule has 2 heterocycles. The molecule has 2 aromatic heterocycles. The summed E-state index contributed by atoms with van der Waals surface area (Å²) in [7, 11) is 0. The van der Waals surface area contributed by atoms with Crippen LogP contribution in [0.3, 0.4) is 0 Å². The third-order valence-corrected chi connectivity index (χ3v) is 12.5. The molecule has 0 fully saturated rings. The molecular weight excluding hydrogens is 705 g/mol. The van der Waals surface area contributed by atoms with Gasteiger partial charge in [0.25, 0.3) is 0 Å². The third-order valence-electron chi connectivity index (χ3n) is 12.5. The number of benzene rings is 9. The fourth-order valence-corrected chi connectivity index (χ4v) is 9.86. The molecule has 1 aliphatic carbocycles. The van der Waals surface area contributed by atoms with Gasteiger partial charge >= 0.3 is 0 Å². The summed E-state index contributed by atoms with van der Waals surface area (Å²) >= 11 is 0. The van der Waals surface area contributed by atoms with Gasteiger partial charge in [-0.1, -0.05) is 141 Å². The first kappa shape index (κ1) is 32.8. The zero-order chi connectivity index (χ0) is 38.5. The maximum absolute atomic E-state index is 6.61. The Hall–Kier alpha value is -7.36. The molecule has 3 heteroatoms. The van der Waals surface area contributed by atoms with Crippen LogP contribution in [0.25, 0.3) is 82.5 Å². The van der Waals surface area contributed by atoms with Crippen LogP contribution in [0, 0.1) is 0 Å². The van der Waals surface area contributed by atoms with Crippen LogP contribution in [0.15, 0.2) is 199 Å². The van der Waals surface area contributed by atoms with E-state index in [2.05, 4.69) is 217 Å². The first-order chi connectivity index (χ1) is 28.5. The van der Waals surface area contributed by atoms with Crippen molar-refractivity contribution in [2.45, 2.75) is 19.3 Å². The van der Waals surface area contributed by atoms with Gasteiger partial charge in [0.15, 0.2) is 0 Å². The van der Waals surface area contributed by atoms with E-state index in [1.807, 2.05) is 0 Å². The molecule has 1 aliphatic rings. The van der Waals surface area contributed by atoms with Crippen molar-refractivity contribution in [3.05, 3.63) is 205 Å². The summed E-state index contributed by atoms with van der Waals surface area (Å²) in [6.07, 6.45) is 0. The number of hydrogen-bond donors (Lipinski definition) is 0. The Kier molecular flexibility index (Phi) is 6.98. The fraction of sp³-hybridized carbons (Fsp3) is 0.0545. The summed E-state index contributed by atoms with van der Waals surface area (Å²) in [6.45, 7) is 4.72. The van der Waals surface area contributed by atoms with Gasteiger partial charge in [0.2, 0.25) is 0 Å². The standard InChI is InChI=1S/C55H38N2O/c1-55(2)47-24-9-5-19-40(47)41-30-29-39(34-48(41)55)56(37-17-13-18-38(33-37)57-50-26-11-6-20-42(50)43-21-7-12-27-51(43)57)49-25-10-8-22-44(49)45-23-14-28-52-54(45)46-31-35-15-3-4-16-36(35)32-53(46)58-52/h3-34H,1-2H3. The van der Waals surface area contributed by atoms with Crippen molar-refractivity contribution >= 4 is 71.6 Å². The summed E-state index contributed by atoms with van der Waals surface area (Å²) in [4.78, 5) is 2.46. The highest BCUT2D eigenvalue weighted by atomic mass is 16.3. The molecule has 0 N–H and O–H groups in total. The third kappa shape index (κ3) is 4.74. The SMILES string of the molecule is CC1(C)c2ccccc2-c2ccc(N(c3cccc(-n4c5ccccc5c5ccccc54)c3)c3ccccc3-c3cccc4oc5cc6ccccc6cc5c34)cc21. The van der Waals surface area contributed by atoms with Crippen molar-refractivity contribution < 1.29 is 4.42 Å². The lowest BCUT2D eigenvalue weighted by Crippen LogP contribution is -2.17. The van der Waals surface area contributed by atoms with Gasteiger partial charge in [-0.3, -0.25) is 0 Å². The van der Waals surface area contributed by atoms with E-state index in [0.29, 0.717) is 0 Å². The first-order valence-corrected chi connectivity index (χ1v) is 20.1. The molecule has 0 aliphatic heterocycles. The molecular formula is C55H38N2O. The van der Waals surface area contributed by atoms with Crippen LogP contribution in [-0.4, -0.2) is 4.57 Å². The molecule has 0 atom stereocenters. The van der Waals surface area contributed by atoms with Gasteiger partial charge in [0, 0.05) is 49.6 Å². The fourth-order valence-electron chi connectivity index (χ4n) is 9.86. The molecule has 9 aromatic carbocycles. The average molecular weight is 743 g/mol. The molecule has 0 bridgehead atoms. The number of fused-ring (bicyclic) bond motifs is 10. The van der Waals surface area contributed by atoms with Crippen molar-refractivity contribution in [2.24, 2.45) is 0 Å². The van der Waals surface area contributed by atoms with Crippen LogP contribution < -0.4 is 4.90 Å². The van der Waals surface area contributed by atoms with Crippen molar-refractivity contribution in [2.75, 3.05) is 4.90 Å². The van der Waals surface area contributed by atoms with E-state index < -0.39 is 0 Å². The number of para-hydroxylation sites is 3. The van der Waals surface area contributed by atoms with E-state index in [4.69, 9.17) is 4.42 Å². The Morgan fingerprint density at radius 2 is 1.05 bits per heavy atom. The Morgan fingerprint density at radius 1 is 0.431 bits per heavy atom. The number of rotatable bonds is 5. The van der Waals surface area contributed by atoms with Gasteiger partial charge in [-0.05, 0) is 105 Å². The van der Waals surface area contributed by atoms with Gasteiger partial charge in [-0.15, -0.1) is 0 Å². The van der Waals surface area contributed by atoms with Gasteiger partial charge in [-0.2, -0.15) is 0 Å². The highest BCUT2D eigenvalue weighted by Gasteiger charge is 2.36. The van der Waals surface area contributed by atoms with E-state index in [0.717, 1.165) is 55.8 Å². The van der Waals surface area contributed by atoms with Crippen molar-refractivity contribution in [1.82, 2.24) is 4.57 Å². The molecule has 12 rings (SSSR count). The average Bonchev–Trinajstić information content (AvgIpc) is 3.88. The van der Waals surface area contributed by atoms with Crippen LogP contribution >= 0.6 is 0 Å². The van der Waals surface area contributed by atoms with Gasteiger partial charge < -0.3 is 13.9 Å². The van der Waals surface area contributed by atoms with Crippen LogP contribution in [0.5, 0.6) is 0 Å². The number of nitrogens with zero attached hydrogens (tertiary/aromatic N) is 2. The minimum Gasteiger partial charge on any atom is -0.456 e. The van der Waals surface area contributed by atoms with Crippen molar-refractivity contribution in [3.8, 4) is 27.9 Å². The maximum Gasteiger partial charge on any atom is 0.136 e. The summed E-state index contributed by atoms with van der Waals surface area (Å²) in [5.74, 6) is 0. The van der Waals surface area contributed by atoms with Crippen LogP contribution in [0.2, 0.25) is 0 Å². The van der Waals surface area contributed by atoms with E-state index in [-0.39, 0.29) is 5.41 Å². The second-order valence-corrected chi connectivity index (χ2v) is 16.1. The van der Waals surface area contributed by atoms with Gasteiger partial charge in [-0.25, -0.2) is 0 Å². The van der Waals surface area contributed by atoms with Crippen molar-refractivity contribution in [3.63, 3.8) is 0 Å². The summed E-state index contributed by atoms with van der Waals surface area (Å²) in [5, 5.41) is 7.12. The molecule has 0 saturated heterocycles. The number of aromatic nitrogens is 1. The van der Waals surface area contributed by atoms with Crippen LogP contribution in [-0.2, 0) is 5.41 Å². The predicted octanol–water partition coefficient (Wildman–Crippen LogP) is 15.3. The highest BCUT2D eigenvalue weighted by Crippen LogP contribution is 2.52. The minimum absolute atomic E-state index is 0.151. The van der Waals surface area contributed by atoms with Gasteiger partial charge in [0.1, 0.15) is 11.2 Å². The molecule has 0 radical (unpaired) electrons. The quantitative estimate of drug-likeness (QED) is 0.175. The van der Waals surface area contributed by atoms with E-state index in [1.165, 1.54) is 54.8 Å². The highest BCUT2D eigenvalue weighted by molar-refractivity contribution is 6.17. The molecule has 3 nitrogen and oxygen atoms in total. The predicted molar refractivity (Wildman–Crippen MR) is 243 cm³/mol. The summed E-state index contributed by atoms with van der Waals surface area (Å²) in [6, 6.07) is 70.8. The molecule has 58 heavy (non-hydrogen) atoms. The Balaban J connectivity index is 1.12. The Bertz CT molecular complexity index is 3400. The number of furan rings is 1. The van der Waals surface area contributed by atoms with E-state index in [9.17, 15) is 0 Å². The smallest absolute Gasteiger partial charge is 0.136 e. The van der Waals surface area contributed by atoms with Crippen molar-refractivity contribution in [1.29, 1.82) is 0 Å². The number of anilines is 3. The first-order valence-electron chi connectivity index (χ1n) is 20.1. The molecule has 11 aromatic rings. The van der Waals surface area contributed by atoms with Crippen LogP contribution in [0.4, 0.5) is 17.1 Å². The van der Waals surface area contributed by atoms with E-state index >= 15 is 0 Å². The molecule has 0 spiro atoms.